The molecule has 1 aromatic carbocycles. The monoisotopic (exact) mass is 540 g/mol. The van der Waals surface area contributed by atoms with Gasteiger partial charge < -0.3 is 14.5 Å². The van der Waals surface area contributed by atoms with Gasteiger partial charge in [-0.25, -0.2) is 29.9 Å². The first-order chi connectivity index (χ1) is 20.5. The summed E-state index contributed by atoms with van der Waals surface area (Å²) in [6.45, 7) is 22.0. The zero-order valence-corrected chi connectivity index (χ0v) is 20.0. The number of nitriles is 3. The van der Waals surface area contributed by atoms with Crippen LogP contribution in [0.4, 0.5) is 17.5 Å². The second kappa shape index (κ2) is 8.35. The van der Waals surface area contributed by atoms with E-state index in [9.17, 15) is 15.8 Å². The van der Waals surface area contributed by atoms with Crippen molar-refractivity contribution in [3.63, 3.8) is 0 Å². The van der Waals surface area contributed by atoms with E-state index >= 15 is 0 Å². The van der Waals surface area contributed by atoms with Crippen molar-refractivity contribution >= 4 is 84.4 Å². The Hall–Kier alpha value is -7.80. The molecule has 6 heterocycles. The largest absolute Gasteiger partial charge is 0.370 e. The van der Waals surface area contributed by atoms with Crippen molar-refractivity contribution in [2.24, 2.45) is 0 Å². The fourth-order valence-electron chi connectivity index (χ4n) is 4.08. The highest BCUT2D eigenvalue weighted by Gasteiger charge is 2.25. The molecule has 0 unspecified atom stereocenters. The molecule has 0 saturated heterocycles. The van der Waals surface area contributed by atoms with Crippen LogP contribution in [0.25, 0.3) is 81.5 Å². The Morgan fingerprint density at radius 3 is 0.905 bits per heavy atom. The number of benzene rings is 1. The van der Waals surface area contributed by atoms with Crippen molar-refractivity contribution in [3.8, 4) is 18.2 Å². The summed E-state index contributed by atoms with van der Waals surface area (Å²) in [7, 11) is 0. The van der Waals surface area contributed by atoms with Crippen LogP contribution in [0.5, 0.6) is 0 Å². The molecule has 42 heavy (non-hydrogen) atoms. The molecule has 18 nitrogen and oxygen atoms in total. The molecule has 0 N–H and O–H groups in total. The van der Waals surface area contributed by atoms with Gasteiger partial charge in [0.1, 0.15) is 51.3 Å². The molecule has 0 amide bonds. The maximum Gasteiger partial charge on any atom is 0.316 e. The number of hydrogen-bond acceptors (Lipinski definition) is 15. The van der Waals surface area contributed by atoms with E-state index in [4.69, 9.17) is 19.7 Å². The Kier molecular flexibility index (Phi) is 4.64. The minimum atomic E-state index is -0.280. The number of fused-ring (bicyclic) bond motifs is 9. The molecule has 0 fully saturated rings. The first-order valence-corrected chi connectivity index (χ1v) is 11.1. The highest BCUT2D eigenvalue weighted by atomic mass is 15.1. The molecule has 0 spiro atoms. The van der Waals surface area contributed by atoms with Crippen molar-refractivity contribution in [3.05, 3.63) is 51.3 Å². The summed E-state index contributed by atoms with van der Waals surface area (Å²) in [5, 5.41) is 28.3. The lowest BCUT2D eigenvalue weighted by atomic mass is 10.2. The predicted octanol–water partition coefficient (Wildman–Crippen LogP) is 2.61. The average molecular weight is 540 g/mol. The van der Waals surface area contributed by atoms with Gasteiger partial charge in [0, 0.05) is 0 Å². The molecule has 0 saturated carbocycles. The summed E-state index contributed by atoms with van der Waals surface area (Å²) < 4.78 is 0. The Bertz CT molecular complexity index is 2200. The van der Waals surface area contributed by atoms with Crippen LogP contribution in [-0.4, -0.2) is 59.8 Å². The van der Waals surface area contributed by atoms with Crippen molar-refractivity contribution in [2.45, 2.75) is 0 Å². The van der Waals surface area contributed by atoms with Crippen LogP contribution < -0.4 is 0 Å². The summed E-state index contributed by atoms with van der Waals surface area (Å²) in [6, 6.07) is 5.39. The van der Waals surface area contributed by atoms with Gasteiger partial charge >= 0.3 is 17.1 Å². The molecule has 6 aromatic heterocycles. The first-order valence-electron chi connectivity index (χ1n) is 11.1. The number of rotatable bonds is 0. The van der Waals surface area contributed by atoms with E-state index in [1.807, 2.05) is 0 Å². The smallest absolute Gasteiger partial charge is 0.316 e. The lowest BCUT2D eigenvalue weighted by Gasteiger charge is -2.08. The van der Waals surface area contributed by atoms with E-state index in [1.54, 1.807) is 18.2 Å². The minimum absolute atomic E-state index is 0.0710. The molecular formula is C24N18. The van der Waals surface area contributed by atoms with E-state index in [1.165, 1.54) is 0 Å². The maximum atomic E-state index is 9.43. The van der Waals surface area contributed by atoms with Gasteiger partial charge in [-0.1, -0.05) is 24.7 Å². The maximum absolute atomic E-state index is 9.43. The van der Waals surface area contributed by atoms with E-state index in [0.717, 1.165) is 0 Å². The standard InChI is InChI=1S/C24N18/c1-28-16-9(6-27)33-21-22(40-16)37-13-12(36-21)10-11(35-20-19(34-10)31-7(4-25)8(5-26)32-20)14-15(13)39-24-23(38-14)41-17(29-2)18(30-3)42-24. The third-order valence-electron chi connectivity index (χ3n) is 5.81. The van der Waals surface area contributed by atoms with Gasteiger partial charge in [-0.3, -0.25) is 0 Å². The molecule has 7 aromatic rings. The summed E-state index contributed by atoms with van der Waals surface area (Å²) in [5.41, 5.74) is -0.825. The Balaban J connectivity index is 1.74. The third kappa shape index (κ3) is 3.12. The second-order valence-corrected chi connectivity index (χ2v) is 8.06. The molecule has 0 aliphatic carbocycles. The van der Waals surface area contributed by atoms with Crippen molar-refractivity contribution < 1.29 is 0 Å². The van der Waals surface area contributed by atoms with Crippen LogP contribution in [-0.2, 0) is 0 Å². The van der Waals surface area contributed by atoms with Crippen LogP contribution in [0.2, 0.25) is 0 Å². The highest BCUT2D eigenvalue weighted by Crippen LogP contribution is 2.33. The molecule has 0 aliphatic heterocycles. The molecule has 7 rings (SSSR count). The van der Waals surface area contributed by atoms with E-state index in [2.05, 4.69) is 74.3 Å². The lowest BCUT2D eigenvalue weighted by Crippen LogP contribution is -2.04. The SMILES string of the molecule is [C-]#[N+]c1nc2nc3c(nc2nc1C#N)c1nc2nc(C#N)c(C#N)nc2nc1c1nc2nc([N+]#[C-])c([N+]#[C-])nc2nc31. The lowest BCUT2D eigenvalue weighted by molar-refractivity contribution is 1.14. The Morgan fingerprint density at radius 2 is 0.619 bits per heavy atom. The second-order valence-electron chi connectivity index (χ2n) is 8.06. The molecular weight excluding hydrogens is 540 g/mol. The molecule has 0 atom stereocenters. The fraction of sp³-hybridized carbons (Fsp3) is 0. The van der Waals surface area contributed by atoms with Gasteiger partial charge in [0.15, 0.2) is 28.4 Å². The fourth-order valence-corrected chi connectivity index (χ4v) is 4.08. The molecule has 0 bridgehead atoms. The van der Waals surface area contributed by atoms with Gasteiger partial charge in [0.05, 0.1) is 0 Å². The number of nitrogens with zero attached hydrogens (tertiary/aromatic N) is 18. The topological polar surface area (TPSA) is 239 Å². The predicted molar refractivity (Wildman–Crippen MR) is 138 cm³/mol. The van der Waals surface area contributed by atoms with E-state index in [-0.39, 0.29) is 102 Å². The van der Waals surface area contributed by atoms with Gasteiger partial charge in [-0.15, -0.1) is 9.97 Å². The van der Waals surface area contributed by atoms with Crippen LogP contribution in [0.1, 0.15) is 17.1 Å². The van der Waals surface area contributed by atoms with Gasteiger partial charge in [-0.05, 0) is 0 Å². The molecule has 0 aliphatic rings. The molecule has 0 radical (unpaired) electrons. The van der Waals surface area contributed by atoms with Crippen molar-refractivity contribution in [1.29, 1.82) is 15.8 Å². The third-order valence-corrected chi connectivity index (χ3v) is 5.81. The van der Waals surface area contributed by atoms with Gasteiger partial charge in [-0.2, -0.15) is 30.7 Å². The summed E-state index contributed by atoms with van der Waals surface area (Å²) in [5.74, 6) is -0.831. The van der Waals surface area contributed by atoms with Crippen LogP contribution >= 0.6 is 0 Å². The summed E-state index contributed by atoms with van der Waals surface area (Å²) in [6.07, 6.45) is 0. The quantitative estimate of drug-likeness (QED) is 0.152. The number of hydrogen-bond donors (Lipinski definition) is 0. The zero-order chi connectivity index (χ0) is 29.1. The van der Waals surface area contributed by atoms with Crippen LogP contribution in [0.3, 0.4) is 0 Å². The van der Waals surface area contributed by atoms with Crippen molar-refractivity contribution in [1.82, 2.24) is 59.8 Å². The summed E-state index contributed by atoms with van der Waals surface area (Å²) in [4.78, 5) is 61.5. The average Bonchev–Trinajstić information content (AvgIpc) is 3.03. The van der Waals surface area contributed by atoms with Crippen LogP contribution in [0.15, 0.2) is 0 Å². The summed E-state index contributed by atoms with van der Waals surface area (Å²) >= 11 is 0. The normalized spacial score (nSPS) is 10.7. The van der Waals surface area contributed by atoms with Crippen LogP contribution in [0, 0.1) is 53.7 Å². The van der Waals surface area contributed by atoms with Gasteiger partial charge in [0.25, 0.3) is 17.3 Å². The van der Waals surface area contributed by atoms with E-state index in [0.29, 0.717) is 0 Å². The molecule has 186 valence electrons. The minimum Gasteiger partial charge on any atom is -0.370 e. The number of aromatic nitrogens is 12. The molecule has 18 heteroatoms. The van der Waals surface area contributed by atoms with Gasteiger partial charge in [0.2, 0.25) is 5.65 Å². The Morgan fingerprint density at radius 1 is 0.357 bits per heavy atom. The highest BCUT2D eigenvalue weighted by molar-refractivity contribution is 6.20. The first kappa shape index (κ1) is 23.3. The van der Waals surface area contributed by atoms with E-state index < -0.39 is 0 Å². The Labute approximate surface area is 229 Å². The zero-order valence-electron chi connectivity index (χ0n) is 20.0. The van der Waals surface area contributed by atoms with Crippen molar-refractivity contribution in [2.75, 3.05) is 0 Å².